The first-order valence-electron chi connectivity index (χ1n) is 7.74. The number of hydrogen-bond acceptors (Lipinski definition) is 2. The Morgan fingerprint density at radius 2 is 2.00 bits per heavy atom. The van der Waals surface area contributed by atoms with E-state index in [2.05, 4.69) is 22.9 Å². The summed E-state index contributed by atoms with van der Waals surface area (Å²) < 4.78 is 14.0. The molecule has 2 fully saturated rings. The van der Waals surface area contributed by atoms with Crippen LogP contribution in [0.2, 0.25) is 5.02 Å². The van der Waals surface area contributed by atoms with E-state index < -0.39 is 0 Å². The highest BCUT2D eigenvalue weighted by Gasteiger charge is 2.39. The van der Waals surface area contributed by atoms with Crippen LogP contribution in [0.3, 0.4) is 0 Å². The van der Waals surface area contributed by atoms with Crippen LogP contribution in [-0.4, -0.2) is 30.0 Å². The second-order valence-corrected chi connectivity index (χ2v) is 6.59. The molecule has 2 aromatic rings. The highest BCUT2D eigenvalue weighted by Crippen LogP contribution is 2.40. The molecule has 0 aliphatic carbocycles. The van der Waals surface area contributed by atoms with Crippen LogP contribution in [0.25, 0.3) is 10.9 Å². The third-order valence-corrected chi connectivity index (χ3v) is 5.30. The van der Waals surface area contributed by atoms with Crippen LogP contribution in [0.5, 0.6) is 0 Å². The van der Waals surface area contributed by atoms with Gasteiger partial charge in [0.1, 0.15) is 0 Å². The van der Waals surface area contributed by atoms with Crippen molar-refractivity contribution >= 4 is 22.5 Å². The van der Waals surface area contributed by atoms with Crippen molar-refractivity contribution in [3.05, 3.63) is 35.5 Å². The number of aromatic nitrogens is 1. The summed E-state index contributed by atoms with van der Waals surface area (Å²) in [5.74, 6) is 0. The number of nitrogens with zero attached hydrogens (tertiary/aromatic N) is 1. The monoisotopic (exact) mass is 305 g/mol. The van der Waals surface area contributed by atoms with Gasteiger partial charge in [-0.05, 0) is 43.9 Å². The third kappa shape index (κ3) is 2.37. The van der Waals surface area contributed by atoms with Crippen LogP contribution in [-0.2, 0) is 9.47 Å². The van der Waals surface area contributed by atoms with E-state index in [-0.39, 0.29) is 5.60 Å². The Kier molecular flexibility index (Phi) is 3.44. The van der Waals surface area contributed by atoms with Crippen molar-refractivity contribution in [2.24, 2.45) is 0 Å². The molecule has 1 spiro atoms. The Hall–Kier alpha value is -1.03. The van der Waals surface area contributed by atoms with Crippen molar-refractivity contribution in [3.63, 3.8) is 0 Å². The second kappa shape index (κ2) is 5.31. The summed E-state index contributed by atoms with van der Waals surface area (Å²) in [7, 11) is 0. The van der Waals surface area contributed by atoms with Crippen LogP contribution >= 0.6 is 11.6 Å². The number of fused-ring (bicyclic) bond motifs is 1. The Labute approximate surface area is 129 Å². The second-order valence-electron chi connectivity index (χ2n) is 6.19. The minimum atomic E-state index is 0.0241. The quantitative estimate of drug-likeness (QED) is 0.788. The largest absolute Gasteiger partial charge is 0.381 e. The lowest BCUT2D eigenvalue weighted by atomic mass is 9.84. The number of rotatable bonds is 1. The van der Waals surface area contributed by atoms with Gasteiger partial charge in [0, 0.05) is 48.0 Å². The van der Waals surface area contributed by atoms with Gasteiger partial charge >= 0.3 is 0 Å². The Bertz CT molecular complexity index is 640. The van der Waals surface area contributed by atoms with E-state index in [4.69, 9.17) is 21.1 Å². The maximum Gasteiger partial charge on any atom is 0.0746 e. The van der Waals surface area contributed by atoms with Gasteiger partial charge in [-0.2, -0.15) is 0 Å². The number of benzene rings is 1. The van der Waals surface area contributed by atoms with E-state index in [1.807, 2.05) is 12.1 Å². The van der Waals surface area contributed by atoms with Gasteiger partial charge in [-0.3, -0.25) is 0 Å². The molecule has 2 saturated heterocycles. The molecule has 0 bridgehead atoms. The number of halogens is 1. The van der Waals surface area contributed by atoms with Crippen LogP contribution in [0.15, 0.2) is 30.5 Å². The summed E-state index contributed by atoms with van der Waals surface area (Å²) in [5, 5.41) is 1.98. The molecule has 21 heavy (non-hydrogen) atoms. The molecule has 1 aromatic carbocycles. The number of hydrogen-bond donors (Lipinski definition) is 0. The smallest absolute Gasteiger partial charge is 0.0746 e. The molecule has 1 unspecified atom stereocenters. The van der Waals surface area contributed by atoms with Crippen LogP contribution in [0.4, 0.5) is 0 Å². The molecule has 4 rings (SSSR count). The van der Waals surface area contributed by atoms with Crippen molar-refractivity contribution < 1.29 is 9.47 Å². The zero-order valence-corrected chi connectivity index (χ0v) is 12.8. The maximum absolute atomic E-state index is 6.30. The predicted molar refractivity (Wildman–Crippen MR) is 84.0 cm³/mol. The molecular formula is C17H20ClNO2. The highest BCUT2D eigenvalue weighted by atomic mass is 35.5. The molecule has 0 N–H and O–H groups in total. The standard InChI is InChI=1S/C17H20ClNO2/c18-15-2-1-3-16-14(15)4-8-19(16)13-5-9-21-17(12-13)6-10-20-11-7-17/h1-4,8,13H,5-7,9-12H2. The Morgan fingerprint density at radius 1 is 1.14 bits per heavy atom. The summed E-state index contributed by atoms with van der Waals surface area (Å²) in [6, 6.07) is 8.77. The van der Waals surface area contributed by atoms with Gasteiger partial charge in [0.15, 0.2) is 0 Å². The molecular weight excluding hydrogens is 286 g/mol. The topological polar surface area (TPSA) is 23.4 Å². The summed E-state index contributed by atoms with van der Waals surface area (Å²) in [5.41, 5.74) is 1.26. The van der Waals surface area contributed by atoms with Crippen molar-refractivity contribution in [1.82, 2.24) is 4.57 Å². The van der Waals surface area contributed by atoms with Gasteiger partial charge in [-0.1, -0.05) is 17.7 Å². The number of ether oxygens (including phenoxy) is 2. The van der Waals surface area contributed by atoms with Crippen molar-refractivity contribution in [3.8, 4) is 0 Å². The maximum atomic E-state index is 6.30. The fraction of sp³-hybridized carbons (Fsp3) is 0.529. The normalized spacial score (nSPS) is 25.5. The van der Waals surface area contributed by atoms with E-state index >= 15 is 0 Å². The summed E-state index contributed by atoms with van der Waals surface area (Å²) >= 11 is 6.30. The van der Waals surface area contributed by atoms with Crippen LogP contribution in [0.1, 0.15) is 31.7 Å². The van der Waals surface area contributed by atoms with Crippen molar-refractivity contribution in [2.75, 3.05) is 19.8 Å². The van der Waals surface area contributed by atoms with Gasteiger partial charge in [0.2, 0.25) is 0 Å². The highest BCUT2D eigenvalue weighted by molar-refractivity contribution is 6.35. The van der Waals surface area contributed by atoms with Gasteiger partial charge < -0.3 is 14.0 Å². The lowest BCUT2D eigenvalue weighted by Gasteiger charge is -2.43. The average Bonchev–Trinajstić information content (AvgIpc) is 2.93. The summed E-state index contributed by atoms with van der Waals surface area (Å²) in [6.07, 6.45) is 6.36. The lowest BCUT2D eigenvalue weighted by molar-refractivity contribution is -0.144. The SMILES string of the molecule is Clc1cccc2c1ccn2C1CCOC2(CCOCC2)C1. The predicted octanol–water partition coefficient (Wildman–Crippen LogP) is 4.20. The average molecular weight is 306 g/mol. The van der Waals surface area contributed by atoms with Gasteiger partial charge in [0.05, 0.1) is 5.60 Å². The fourth-order valence-corrected chi connectivity index (χ4v) is 4.03. The molecule has 0 saturated carbocycles. The van der Waals surface area contributed by atoms with E-state index in [1.165, 1.54) is 5.52 Å². The third-order valence-electron chi connectivity index (χ3n) is 4.97. The molecule has 1 aromatic heterocycles. The summed E-state index contributed by atoms with van der Waals surface area (Å²) in [4.78, 5) is 0. The van der Waals surface area contributed by atoms with E-state index in [1.54, 1.807) is 0 Å². The molecule has 0 amide bonds. The first kappa shape index (κ1) is 13.6. The zero-order chi connectivity index (χ0) is 14.3. The molecule has 1 atom stereocenters. The van der Waals surface area contributed by atoms with Crippen LogP contribution in [0, 0.1) is 0 Å². The molecule has 112 valence electrons. The minimum Gasteiger partial charge on any atom is -0.381 e. The molecule has 4 heteroatoms. The first-order valence-corrected chi connectivity index (χ1v) is 8.12. The van der Waals surface area contributed by atoms with Gasteiger partial charge in [-0.25, -0.2) is 0 Å². The molecule has 2 aliphatic heterocycles. The first-order chi connectivity index (χ1) is 10.3. The minimum absolute atomic E-state index is 0.0241. The molecule has 2 aliphatic rings. The van der Waals surface area contributed by atoms with E-state index in [0.29, 0.717) is 6.04 Å². The zero-order valence-electron chi connectivity index (χ0n) is 12.1. The Balaban J connectivity index is 1.67. The summed E-state index contributed by atoms with van der Waals surface area (Å²) in [6.45, 7) is 2.49. The lowest BCUT2D eigenvalue weighted by Crippen LogP contribution is -2.44. The van der Waals surface area contributed by atoms with Gasteiger partial charge in [-0.15, -0.1) is 0 Å². The molecule has 3 nitrogen and oxygen atoms in total. The van der Waals surface area contributed by atoms with Crippen molar-refractivity contribution in [2.45, 2.75) is 37.3 Å². The Morgan fingerprint density at radius 3 is 2.86 bits per heavy atom. The van der Waals surface area contributed by atoms with E-state index in [9.17, 15) is 0 Å². The van der Waals surface area contributed by atoms with Gasteiger partial charge in [0.25, 0.3) is 0 Å². The van der Waals surface area contributed by atoms with Crippen molar-refractivity contribution in [1.29, 1.82) is 0 Å². The van der Waals surface area contributed by atoms with Crippen LogP contribution < -0.4 is 0 Å². The molecule has 3 heterocycles. The molecule has 0 radical (unpaired) electrons. The fourth-order valence-electron chi connectivity index (χ4n) is 3.80. The van der Waals surface area contributed by atoms with E-state index in [0.717, 1.165) is 55.9 Å².